The van der Waals surface area contributed by atoms with Crippen LogP contribution in [0.2, 0.25) is 5.02 Å². The van der Waals surface area contributed by atoms with E-state index in [0.29, 0.717) is 46.5 Å². The van der Waals surface area contributed by atoms with E-state index in [1.54, 1.807) is 43.0 Å². The number of carbonyl (C=O) groups excluding carboxylic acids is 1. The van der Waals surface area contributed by atoms with Crippen molar-refractivity contribution in [3.63, 3.8) is 0 Å². The third-order valence-corrected chi connectivity index (χ3v) is 6.97. The van der Waals surface area contributed by atoms with Gasteiger partial charge in [0.25, 0.3) is 11.5 Å². The number of nitrogens with one attached hydrogen (secondary N) is 1. The molecule has 0 bridgehead atoms. The lowest BCUT2D eigenvalue weighted by Gasteiger charge is -2.35. The zero-order valence-electron chi connectivity index (χ0n) is 22.7. The minimum absolute atomic E-state index is 0.0919. The summed E-state index contributed by atoms with van der Waals surface area (Å²) >= 11 is 6.07. The van der Waals surface area contributed by atoms with Gasteiger partial charge in [-0.15, -0.1) is 4.73 Å². The van der Waals surface area contributed by atoms with Gasteiger partial charge >= 0.3 is 0 Å². The molecule has 0 spiro atoms. The molecule has 2 heterocycles. The summed E-state index contributed by atoms with van der Waals surface area (Å²) in [4.78, 5) is 38.8. The Labute approximate surface area is 232 Å². The summed E-state index contributed by atoms with van der Waals surface area (Å²) in [5.41, 5.74) is 0.984. The van der Waals surface area contributed by atoms with Crippen LogP contribution in [0, 0.1) is 17.2 Å². The monoisotopic (exact) mass is 549 g/mol. The summed E-state index contributed by atoms with van der Waals surface area (Å²) in [6, 6.07) is 16.0. The zero-order valence-corrected chi connectivity index (χ0v) is 23.5. The molecule has 0 saturated heterocycles. The minimum Gasteiger partial charge on any atom is -0.478 e. The predicted molar refractivity (Wildman–Crippen MR) is 149 cm³/mol. The number of nitrogens with zero attached hydrogens (tertiary/aromatic N) is 4. The van der Waals surface area contributed by atoms with Crippen molar-refractivity contribution >= 4 is 23.5 Å². The number of nitriles is 1. The van der Waals surface area contributed by atoms with Crippen molar-refractivity contribution in [3.05, 3.63) is 86.3 Å². The van der Waals surface area contributed by atoms with Crippen molar-refractivity contribution in [1.29, 1.82) is 5.26 Å². The normalized spacial score (nSPS) is 13.8. The molecule has 0 radical (unpaired) electrons. The van der Waals surface area contributed by atoms with Gasteiger partial charge < -0.3 is 19.8 Å². The van der Waals surface area contributed by atoms with Crippen molar-refractivity contribution in [2.75, 3.05) is 19.0 Å². The van der Waals surface area contributed by atoms with E-state index in [-0.39, 0.29) is 30.0 Å². The lowest BCUT2D eigenvalue weighted by molar-refractivity contribution is -0.146. The van der Waals surface area contributed by atoms with E-state index in [1.165, 1.54) is 7.11 Å². The van der Waals surface area contributed by atoms with Crippen molar-refractivity contribution in [2.24, 2.45) is 5.92 Å². The van der Waals surface area contributed by atoms with Gasteiger partial charge in [-0.3, -0.25) is 9.59 Å². The van der Waals surface area contributed by atoms with Crippen LogP contribution in [0.3, 0.4) is 0 Å². The molecule has 1 aromatic heterocycles. The van der Waals surface area contributed by atoms with Gasteiger partial charge in [-0.2, -0.15) is 5.26 Å². The predicted octanol–water partition coefficient (Wildman–Crippen LogP) is 4.38. The largest absolute Gasteiger partial charge is 0.478 e. The van der Waals surface area contributed by atoms with E-state index in [1.807, 2.05) is 24.3 Å². The van der Waals surface area contributed by atoms with Gasteiger partial charge in [-0.25, -0.2) is 4.98 Å². The maximum atomic E-state index is 13.5. The van der Waals surface area contributed by atoms with Crippen molar-refractivity contribution in [2.45, 2.75) is 52.3 Å². The summed E-state index contributed by atoms with van der Waals surface area (Å²) < 4.78 is 7.11. The third kappa shape index (κ3) is 6.02. The van der Waals surface area contributed by atoms with Crippen LogP contribution >= 0.6 is 11.6 Å². The van der Waals surface area contributed by atoms with E-state index in [9.17, 15) is 9.59 Å². The van der Waals surface area contributed by atoms with Gasteiger partial charge in [-0.05, 0) is 61.7 Å². The molecule has 0 fully saturated rings. The molecule has 4 rings (SSSR count). The zero-order chi connectivity index (χ0) is 28.3. The first kappa shape index (κ1) is 28.0. The molecule has 39 heavy (non-hydrogen) atoms. The van der Waals surface area contributed by atoms with Crippen molar-refractivity contribution in [1.82, 2.24) is 14.6 Å². The van der Waals surface area contributed by atoms with Crippen molar-refractivity contribution in [3.8, 4) is 11.8 Å². The van der Waals surface area contributed by atoms with Gasteiger partial charge in [0.2, 0.25) is 5.95 Å². The Balaban J connectivity index is 1.57. The molecular weight excluding hydrogens is 518 g/mol. The average molecular weight is 550 g/mol. The SMILES string of the molecule is COn1c(NC(c2ccc(Cl)cc2)C(C)C)nc2c(c1=O)CN(C(=O)C(C)(C)Oc1ccc(C#N)cc1)CC2. The number of halogens is 1. The van der Waals surface area contributed by atoms with Crippen molar-refractivity contribution < 1.29 is 14.4 Å². The first-order chi connectivity index (χ1) is 18.5. The molecule has 1 N–H and O–H groups in total. The van der Waals surface area contributed by atoms with Crippen LogP contribution in [0.15, 0.2) is 53.3 Å². The Kier molecular flexibility index (Phi) is 8.17. The Morgan fingerprint density at radius 1 is 1.15 bits per heavy atom. The van der Waals surface area contributed by atoms with E-state index in [2.05, 4.69) is 25.2 Å². The van der Waals surface area contributed by atoms with Crippen LogP contribution in [-0.2, 0) is 17.8 Å². The number of anilines is 1. The fraction of sp³-hybridized carbons (Fsp3) is 0.379. The fourth-order valence-electron chi connectivity index (χ4n) is 4.65. The molecule has 1 atom stereocenters. The Hall–Kier alpha value is -4.03. The molecule has 0 aliphatic carbocycles. The number of amides is 1. The number of ether oxygens (including phenoxy) is 1. The molecule has 0 saturated carbocycles. The smallest absolute Gasteiger partial charge is 0.293 e. The van der Waals surface area contributed by atoms with Crippen LogP contribution < -0.4 is 20.5 Å². The van der Waals surface area contributed by atoms with E-state index in [4.69, 9.17) is 31.4 Å². The highest BCUT2D eigenvalue weighted by atomic mass is 35.5. The second-order valence-corrected chi connectivity index (χ2v) is 10.7. The number of aromatic nitrogens is 2. The summed E-state index contributed by atoms with van der Waals surface area (Å²) in [6.45, 7) is 8.00. The Morgan fingerprint density at radius 3 is 2.41 bits per heavy atom. The quantitative estimate of drug-likeness (QED) is 0.444. The first-order valence-corrected chi connectivity index (χ1v) is 13.1. The summed E-state index contributed by atoms with van der Waals surface area (Å²) in [5, 5.41) is 13.0. The molecule has 1 unspecified atom stereocenters. The molecule has 1 aliphatic heterocycles. The second kappa shape index (κ2) is 11.4. The van der Waals surface area contributed by atoms with Gasteiger partial charge in [0.1, 0.15) is 12.9 Å². The number of rotatable bonds is 8. The number of benzene rings is 2. The van der Waals surface area contributed by atoms with E-state index in [0.717, 1.165) is 10.3 Å². The topological polar surface area (TPSA) is 109 Å². The van der Waals surface area contributed by atoms with Crippen LogP contribution in [0.4, 0.5) is 5.95 Å². The molecule has 204 valence electrons. The van der Waals surface area contributed by atoms with E-state index >= 15 is 0 Å². The molecule has 1 aliphatic rings. The lowest BCUT2D eigenvalue weighted by Crippen LogP contribution is -2.51. The highest BCUT2D eigenvalue weighted by molar-refractivity contribution is 6.30. The maximum absolute atomic E-state index is 13.5. The molecule has 3 aromatic rings. The molecule has 1 amide bonds. The maximum Gasteiger partial charge on any atom is 0.293 e. The molecule has 2 aromatic carbocycles. The van der Waals surface area contributed by atoms with Crippen LogP contribution in [0.25, 0.3) is 0 Å². The van der Waals surface area contributed by atoms with Gasteiger partial charge in [0, 0.05) is 18.0 Å². The lowest BCUT2D eigenvalue weighted by atomic mass is 9.96. The number of carbonyl (C=O) groups is 1. The van der Waals surface area contributed by atoms with Gasteiger partial charge in [0.15, 0.2) is 5.60 Å². The van der Waals surface area contributed by atoms with E-state index < -0.39 is 5.60 Å². The Morgan fingerprint density at radius 2 is 1.82 bits per heavy atom. The summed E-state index contributed by atoms with van der Waals surface area (Å²) in [6.07, 6.45) is 0.412. The summed E-state index contributed by atoms with van der Waals surface area (Å²) in [7, 11) is 1.41. The highest BCUT2D eigenvalue weighted by Gasteiger charge is 2.37. The molecular formula is C29H32ClN5O4. The average Bonchev–Trinajstić information content (AvgIpc) is 2.92. The van der Waals surface area contributed by atoms with Gasteiger partial charge in [-0.1, -0.05) is 37.6 Å². The molecule has 10 heteroatoms. The van der Waals surface area contributed by atoms with Crippen LogP contribution in [0.1, 0.15) is 56.1 Å². The van der Waals surface area contributed by atoms with Crippen LogP contribution in [0.5, 0.6) is 5.75 Å². The summed E-state index contributed by atoms with van der Waals surface area (Å²) in [5.74, 6) is 0.699. The first-order valence-electron chi connectivity index (χ1n) is 12.7. The molecule has 9 nitrogen and oxygen atoms in total. The standard InChI is InChI=1S/C29H32ClN5O4/c1-18(2)25(20-8-10-21(30)11-9-20)33-28-32-24-14-15-34(17-23(24)26(36)35(28)38-5)27(37)29(3,4)39-22-12-6-19(16-31)7-13-22/h6-13,18,25H,14-15,17H2,1-5H3,(H,32,33). The number of hydrogen-bond acceptors (Lipinski definition) is 7. The minimum atomic E-state index is -1.19. The van der Waals surface area contributed by atoms with Crippen LogP contribution in [-0.4, -0.2) is 39.8 Å². The fourth-order valence-corrected chi connectivity index (χ4v) is 4.78. The number of fused-ring (bicyclic) bond motifs is 1. The number of hydrogen-bond donors (Lipinski definition) is 1. The Bertz CT molecular complexity index is 1440. The highest BCUT2D eigenvalue weighted by Crippen LogP contribution is 2.28. The van der Waals surface area contributed by atoms with Gasteiger partial charge in [0.05, 0.1) is 35.5 Å². The third-order valence-electron chi connectivity index (χ3n) is 6.71. The second-order valence-electron chi connectivity index (χ2n) is 10.3.